The van der Waals surface area contributed by atoms with Gasteiger partial charge in [-0.1, -0.05) is 23.4 Å². The van der Waals surface area contributed by atoms with E-state index in [0.717, 1.165) is 44.5 Å². The Hall–Kier alpha value is -2.54. The minimum absolute atomic E-state index is 0.185. The van der Waals surface area contributed by atoms with Crippen molar-refractivity contribution in [2.45, 2.75) is 25.7 Å². The molecule has 1 aromatic heterocycles. The van der Waals surface area contributed by atoms with E-state index in [1.165, 1.54) is 6.07 Å². The lowest BCUT2D eigenvalue weighted by Crippen LogP contribution is -2.35. The van der Waals surface area contributed by atoms with Crippen LogP contribution in [-0.4, -0.2) is 47.1 Å². The second-order valence-electron chi connectivity index (χ2n) is 6.16. The Labute approximate surface area is 152 Å². The summed E-state index contributed by atoms with van der Waals surface area (Å²) in [5, 5.41) is 12.9. The van der Waals surface area contributed by atoms with Crippen LogP contribution < -0.4 is 4.90 Å². The number of aliphatic hydroxyl groups is 1. The lowest BCUT2D eigenvalue weighted by Gasteiger charge is -2.27. The number of hydrogen-bond acceptors (Lipinski definition) is 6. The summed E-state index contributed by atoms with van der Waals surface area (Å²) in [6.07, 6.45) is 6.47. The predicted octanol–water partition coefficient (Wildman–Crippen LogP) is 3.03. The van der Waals surface area contributed by atoms with Gasteiger partial charge in [-0.25, -0.2) is 14.4 Å². The van der Waals surface area contributed by atoms with Crippen molar-refractivity contribution in [1.82, 2.24) is 9.97 Å². The Morgan fingerprint density at radius 3 is 2.54 bits per heavy atom. The van der Waals surface area contributed by atoms with Crippen LogP contribution in [0.25, 0.3) is 11.1 Å². The minimum atomic E-state index is -0.276. The summed E-state index contributed by atoms with van der Waals surface area (Å²) in [6, 6.07) is 6.61. The predicted molar refractivity (Wildman–Crippen MR) is 98.6 cm³/mol. The highest BCUT2D eigenvalue weighted by molar-refractivity contribution is 5.86. The molecule has 0 saturated carbocycles. The maximum atomic E-state index is 13.8. The van der Waals surface area contributed by atoms with Crippen LogP contribution in [0.3, 0.4) is 0 Å². The Morgan fingerprint density at radius 1 is 1.12 bits per heavy atom. The van der Waals surface area contributed by atoms with Gasteiger partial charge in [0.2, 0.25) is 5.95 Å². The molecule has 2 heterocycles. The van der Waals surface area contributed by atoms with E-state index in [4.69, 9.17) is 9.94 Å². The van der Waals surface area contributed by atoms with E-state index in [2.05, 4.69) is 20.0 Å². The summed E-state index contributed by atoms with van der Waals surface area (Å²) < 4.78 is 13.8. The number of unbranched alkanes of at least 4 members (excludes halogenated alkanes) is 1. The minimum Gasteiger partial charge on any atom is -0.396 e. The molecular weight excluding hydrogens is 335 g/mol. The van der Waals surface area contributed by atoms with Gasteiger partial charge in [-0.15, -0.1) is 0 Å². The van der Waals surface area contributed by atoms with Gasteiger partial charge >= 0.3 is 0 Å². The van der Waals surface area contributed by atoms with Crippen molar-refractivity contribution in [2.24, 2.45) is 5.16 Å². The topological polar surface area (TPSA) is 70.8 Å². The molecule has 26 heavy (non-hydrogen) atoms. The first kappa shape index (κ1) is 18.3. The van der Waals surface area contributed by atoms with Crippen LogP contribution >= 0.6 is 0 Å². The van der Waals surface area contributed by atoms with Crippen LogP contribution in [0.4, 0.5) is 10.3 Å². The first-order valence-electron chi connectivity index (χ1n) is 8.88. The van der Waals surface area contributed by atoms with Gasteiger partial charge in [-0.05, 0) is 18.9 Å². The Morgan fingerprint density at radius 2 is 1.85 bits per heavy atom. The number of nitrogens with zero attached hydrogens (tertiary/aromatic N) is 4. The van der Waals surface area contributed by atoms with E-state index in [1.807, 2.05) is 0 Å². The maximum Gasteiger partial charge on any atom is 0.225 e. The van der Waals surface area contributed by atoms with Crippen LogP contribution in [0, 0.1) is 5.82 Å². The quantitative estimate of drug-likeness (QED) is 0.608. The van der Waals surface area contributed by atoms with E-state index in [-0.39, 0.29) is 12.4 Å². The van der Waals surface area contributed by atoms with Gasteiger partial charge < -0.3 is 14.8 Å². The summed E-state index contributed by atoms with van der Waals surface area (Å²) in [6.45, 7) is 2.27. The zero-order valence-corrected chi connectivity index (χ0v) is 14.6. The first-order chi connectivity index (χ1) is 12.8. The summed E-state index contributed by atoms with van der Waals surface area (Å²) >= 11 is 0. The normalized spacial score (nSPS) is 14.4. The summed E-state index contributed by atoms with van der Waals surface area (Å²) in [5.41, 5.74) is 2.21. The Kier molecular flexibility index (Phi) is 6.49. The molecule has 138 valence electrons. The maximum absolute atomic E-state index is 13.8. The van der Waals surface area contributed by atoms with Crippen molar-refractivity contribution in [3.05, 3.63) is 42.5 Å². The third-order valence-corrected chi connectivity index (χ3v) is 4.28. The van der Waals surface area contributed by atoms with Crippen molar-refractivity contribution >= 4 is 11.7 Å². The van der Waals surface area contributed by atoms with Gasteiger partial charge in [-0.3, -0.25) is 0 Å². The number of piperidine rings is 1. The van der Waals surface area contributed by atoms with Crippen LogP contribution in [0.5, 0.6) is 0 Å². The van der Waals surface area contributed by atoms with Crippen LogP contribution in [-0.2, 0) is 4.84 Å². The molecule has 6 nitrogen and oxygen atoms in total. The zero-order chi connectivity index (χ0) is 18.2. The summed E-state index contributed by atoms with van der Waals surface area (Å²) in [4.78, 5) is 16.2. The largest absolute Gasteiger partial charge is 0.396 e. The van der Waals surface area contributed by atoms with E-state index >= 15 is 0 Å². The van der Waals surface area contributed by atoms with Crippen molar-refractivity contribution in [1.29, 1.82) is 0 Å². The molecule has 0 spiro atoms. The van der Waals surface area contributed by atoms with Crippen LogP contribution in [0.2, 0.25) is 0 Å². The van der Waals surface area contributed by atoms with E-state index < -0.39 is 0 Å². The molecule has 0 unspecified atom stereocenters. The van der Waals surface area contributed by atoms with E-state index in [9.17, 15) is 4.39 Å². The molecule has 1 aliphatic heterocycles. The second-order valence-corrected chi connectivity index (χ2v) is 6.16. The molecule has 1 fully saturated rings. The van der Waals surface area contributed by atoms with Gasteiger partial charge in [0.1, 0.15) is 12.4 Å². The molecule has 0 atom stereocenters. The highest BCUT2D eigenvalue weighted by Gasteiger charge is 2.18. The molecule has 1 saturated heterocycles. The molecule has 2 aromatic rings. The lowest BCUT2D eigenvalue weighted by atomic mass is 10.1. The smallest absolute Gasteiger partial charge is 0.225 e. The van der Waals surface area contributed by atoms with Gasteiger partial charge in [0.25, 0.3) is 0 Å². The monoisotopic (exact) mass is 358 g/mol. The Bertz CT molecular complexity index is 727. The molecular formula is C19H23FN4O2. The number of aliphatic hydroxyl groups excluding tert-OH is 1. The third kappa shape index (κ3) is 4.76. The summed E-state index contributed by atoms with van der Waals surface area (Å²) in [7, 11) is 0. The molecule has 3 rings (SSSR count). The number of hydrogen-bond donors (Lipinski definition) is 1. The molecule has 1 aromatic carbocycles. The number of oxime groups is 1. The molecule has 1 N–H and O–H groups in total. The van der Waals surface area contributed by atoms with E-state index in [1.54, 1.807) is 30.6 Å². The zero-order valence-electron chi connectivity index (χ0n) is 14.6. The van der Waals surface area contributed by atoms with Crippen molar-refractivity contribution in [2.75, 3.05) is 31.2 Å². The fourth-order valence-electron chi connectivity index (χ4n) is 2.79. The molecule has 0 radical (unpaired) electrons. The average molecular weight is 358 g/mol. The second kappa shape index (κ2) is 9.24. The fourth-order valence-corrected chi connectivity index (χ4v) is 2.79. The average Bonchev–Trinajstić information content (AvgIpc) is 2.69. The molecule has 1 aliphatic rings. The van der Waals surface area contributed by atoms with Crippen molar-refractivity contribution in [3.8, 4) is 11.1 Å². The SMILES string of the molecule is OCCCCON=C1CCN(c2ncc(-c3ccccc3F)cn2)CC1. The molecule has 7 heteroatoms. The van der Waals surface area contributed by atoms with Gasteiger partial charge in [-0.2, -0.15) is 0 Å². The number of anilines is 1. The number of aromatic nitrogens is 2. The van der Waals surface area contributed by atoms with E-state index in [0.29, 0.717) is 23.7 Å². The van der Waals surface area contributed by atoms with Gasteiger partial charge in [0, 0.05) is 56.1 Å². The molecule has 0 aliphatic carbocycles. The Balaban J connectivity index is 1.53. The van der Waals surface area contributed by atoms with Crippen molar-refractivity contribution in [3.63, 3.8) is 0 Å². The van der Waals surface area contributed by atoms with Crippen molar-refractivity contribution < 1.29 is 14.3 Å². The van der Waals surface area contributed by atoms with Gasteiger partial charge in [0.15, 0.2) is 0 Å². The third-order valence-electron chi connectivity index (χ3n) is 4.28. The van der Waals surface area contributed by atoms with Crippen LogP contribution in [0.15, 0.2) is 41.8 Å². The highest BCUT2D eigenvalue weighted by Crippen LogP contribution is 2.22. The number of rotatable bonds is 7. The molecule has 0 amide bonds. The fraction of sp³-hybridized carbons (Fsp3) is 0.421. The number of benzene rings is 1. The van der Waals surface area contributed by atoms with Crippen LogP contribution in [0.1, 0.15) is 25.7 Å². The van der Waals surface area contributed by atoms with Gasteiger partial charge in [0.05, 0.1) is 5.71 Å². The summed E-state index contributed by atoms with van der Waals surface area (Å²) in [5.74, 6) is 0.370. The first-order valence-corrected chi connectivity index (χ1v) is 8.88. The highest BCUT2D eigenvalue weighted by atomic mass is 19.1. The standard InChI is InChI=1S/C19H23FN4O2/c20-18-6-2-1-5-17(18)15-13-21-19(22-14-15)24-9-7-16(8-10-24)23-26-12-4-3-11-25/h1-2,5-6,13-14,25H,3-4,7-12H2. The number of halogens is 1. The lowest BCUT2D eigenvalue weighted by molar-refractivity contribution is 0.132. The molecule has 0 bridgehead atoms.